The van der Waals surface area contributed by atoms with E-state index in [9.17, 15) is 4.79 Å². The van der Waals surface area contributed by atoms with Crippen molar-refractivity contribution in [3.8, 4) is 0 Å². The van der Waals surface area contributed by atoms with Gasteiger partial charge in [0.1, 0.15) is 11.3 Å². The third-order valence-corrected chi connectivity index (χ3v) is 5.98. The topological polar surface area (TPSA) is 83.0 Å². The highest BCUT2D eigenvalue weighted by Gasteiger charge is 2.22. The zero-order valence-corrected chi connectivity index (χ0v) is 18.4. The molecule has 0 saturated heterocycles. The molecule has 6 nitrogen and oxygen atoms in total. The second-order valence-corrected chi connectivity index (χ2v) is 8.26. The van der Waals surface area contributed by atoms with E-state index >= 15 is 0 Å². The number of H-pyrrole nitrogens is 1. The van der Waals surface area contributed by atoms with Crippen molar-refractivity contribution in [1.82, 2.24) is 20.6 Å². The number of hydrogen-bond donors (Lipinski definition) is 3. The number of fused-ring (bicyclic) bond motifs is 2. The van der Waals surface area contributed by atoms with Crippen molar-refractivity contribution >= 4 is 27.8 Å². The zero-order valence-electron chi connectivity index (χ0n) is 18.4. The summed E-state index contributed by atoms with van der Waals surface area (Å²) in [5, 5.41) is 8.76. The van der Waals surface area contributed by atoms with Gasteiger partial charge in [-0.15, -0.1) is 0 Å². The lowest BCUT2D eigenvalue weighted by Crippen LogP contribution is -2.46. The van der Waals surface area contributed by atoms with E-state index in [1.807, 2.05) is 73.8 Å². The van der Waals surface area contributed by atoms with Gasteiger partial charge in [-0.3, -0.25) is 15.1 Å². The summed E-state index contributed by atoms with van der Waals surface area (Å²) in [5.74, 6) is 0.746. The number of amides is 1. The van der Waals surface area contributed by atoms with E-state index in [0.29, 0.717) is 13.0 Å². The molecule has 5 aromatic rings. The minimum absolute atomic E-state index is 0.0549. The Morgan fingerprint density at radius 1 is 1.06 bits per heavy atom. The number of pyridine rings is 1. The van der Waals surface area contributed by atoms with Gasteiger partial charge in [0.2, 0.25) is 5.91 Å². The van der Waals surface area contributed by atoms with Gasteiger partial charge >= 0.3 is 0 Å². The molecule has 166 valence electrons. The number of para-hydroxylation sites is 2. The first-order valence-corrected chi connectivity index (χ1v) is 11.1. The highest BCUT2D eigenvalue weighted by atomic mass is 16.3. The summed E-state index contributed by atoms with van der Waals surface area (Å²) < 4.78 is 5.95. The Morgan fingerprint density at radius 3 is 2.70 bits per heavy atom. The van der Waals surface area contributed by atoms with Gasteiger partial charge in [0.25, 0.3) is 0 Å². The molecule has 0 saturated carbocycles. The Bertz CT molecular complexity index is 1340. The summed E-state index contributed by atoms with van der Waals surface area (Å²) >= 11 is 0. The minimum atomic E-state index is -0.429. The number of hydrogen-bond acceptors (Lipinski definition) is 4. The molecule has 3 aromatic heterocycles. The Balaban J connectivity index is 1.36. The third kappa shape index (κ3) is 4.66. The summed E-state index contributed by atoms with van der Waals surface area (Å²) in [6.45, 7) is 2.44. The monoisotopic (exact) mass is 438 g/mol. The number of rotatable bonds is 8. The number of nitrogens with zero attached hydrogens (tertiary/aromatic N) is 1. The maximum absolute atomic E-state index is 13.4. The Kier molecular flexibility index (Phi) is 5.91. The number of aromatic amines is 1. The van der Waals surface area contributed by atoms with Crippen molar-refractivity contribution in [3.05, 3.63) is 102 Å². The first kappa shape index (κ1) is 21.0. The summed E-state index contributed by atoms with van der Waals surface area (Å²) in [6, 6.07) is 21.4. The van der Waals surface area contributed by atoms with Crippen molar-refractivity contribution in [2.24, 2.45) is 0 Å². The van der Waals surface area contributed by atoms with Crippen molar-refractivity contribution in [2.75, 3.05) is 0 Å². The maximum atomic E-state index is 13.4. The quantitative estimate of drug-likeness (QED) is 0.322. The predicted octanol–water partition coefficient (Wildman–Crippen LogP) is 4.89. The first-order valence-electron chi connectivity index (χ1n) is 11.1. The number of furan rings is 1. The average molecular weight is 439 g/mol. The number of carbonyl (C=O) groups excluding carboxylic acids is 1. The molecule has 3 heterocycles. The molecule has 0 unspecified atom stereocenters. The summed E-state index contributed by atoms with van der Waals surface area (Å²) in [7, 11) is 0. The fourth-order valence-corrected chi connectivity index (χ4v) is 4.18. The Morgan fingerprint density at radius 2 is 1.85 bits per heavy atom. The van der Waals surface area contributed by atoms with Crippen LogP contribution in [0.2, 0.25) is 0 Å². The highest BCUT2D eigenvalue weighted by Crippen LogP contribution is 2.21. The van der Waals surface area contributed by atoms with Crippen LogP contribution in [0, 0.1) is 0 Å². The lowest BCUT2D eigenvalue weighted by molar-refractivity contribution is -0.123. The van der Waals surface area contributed by atoms with Crippen molar-refractivity contribution in [2.45, 2.75) is 32.0 Å². The van der Waals surface area contributed by atoms with Crippen molar-refractivity contribution < 1.29 is 9.21 Å². The summed E-state index contributed by atoms with van der Waals surface area (Å²) in [5.41, 5.74) is 4.02. The van der Waals surface area contributed by atoms with E-state index in [0.717, 1.165) is 38.8 Å². The van der Waals surface area contributed by atoms with Crippen LogP contribution in [-0.2, 0) is 17.8 Å². The Labute approximate surface area is 192 Å². The molecule has 1 amide bonds. The van der Waals surface area contributed by atoms with Crippen molar-refractivity contribution in [1.29, 1.82) is 0 Å². The molecule has 0 aliphatic carbocycles. The lowest BCUT2D eigenvalue weighted by atomic mass is 10.0. The molecule has 6 heteroatoms. The van der Waals surface area contributed by atoms with Crippen LogP contribution < -0.4 is 10.6 Å². The van der Waals surface area contributed by atoms with Gasteiger partial charge in [-0.25, -0.2) is 0 Å². The van der Waals surface area contributed by atoms with E-state index in [1.165, 1.54) is 0 Å². The SMILES string of the molecule is C[C@@H](NC(=O)[C@H](Cc1c[nH]c2ccccc12)NCc1cc2ccccc2o1)c1ccncc1. The largest absolute Gasteiger partial charge is 0.460 e. The van der Waals surface area contributed by atoms with Crippen LogP contribution in [0.4, 0.5) is 0 Å². The molecular weight excluding hydrogens is 412 g/mol. The second-order valence-electron chi connectivity index (χ2n) is 8.26. The first-order chi connectivity index (χ1) is 16.2. The molecule has 0 bridgehead atoms. The molecule has 0 aliphatic rings. The molecule has 0 aliphatic heterocycles. The number of nitrogens with one attached hydrogen (secondary N) is 3. The smallest absolute Gasteiger partial charge is 0.237 e. The molecule has 0 radical (unpaired) electrons. The van der Waals surface area contributed by atoms with Crippen LogP contribution in [-0.4, -0.2) is 21.9 Å². The van der Waals surface area contributed by atoms with E-state index in [1.54, 1.807) is 12.4 Å². The third-order valence-electron chi connectivity index (χ3n) is 5.98. The number of carbonyl (C=O) groups is 1. The number of benzene rings is 2. The van der Waals surface area contributed by atoms with Gasteiger partial charge in [0.15, 0.2) is 0 Å². The fraction of sp³-hybridized carbons (Fsp3) is 0.185. The molecule has 0 fully saturated rings. The molecule has 33 heavy (non-hydrogen) atoms. The van der Waals surface area contributed by atoms with Crippen LogP contribution in [0.3, 0.4) is 0 Å². The Hall–Kier alpha value is -3.90. The van der Waals surface area contributed by atoms with E-state index in [4.69, 9.17) is 4.42 Å². The zero-order chi connectivity index (χ0) is 22.6. The molecule has 0 spiro atoms. The predicted molar refractivity (Wildman–Crippen MR) is 130 cm³/mol. The normalized spacial score (nSPS) is 13.2. The van der Waals surface area contributed by atoms with Crippen LogP contribution in [0.25, 0.3) is 21.9 Å². The van der Waals surface area contributed by atoms with Crippen LogP contribution in [0.1, 0.15) is 29.9 Å². The molecule has 2 atom stereocenters. The molecule has 2 aromatic carbocycles. The second kappa shape index (κ2) is 9.30. The minimum Gasteiger partial charge on any atom is -0.460 e. The number of aromatic nitrogens is 2. The van der Waals surface area contributed by atoms with Gasteiger partial charge in [-0.05, 0) is 54.8 Å². The standard InChI is InChI=1S/C27H26N4O2/c1-18(19-10-12-28-13-11-19)31-27(32)25(15-21-16-29-24-8-4-3-7-23(21)24)30-17-22-14-20-6-2-5-9-26(20)33-22/h2-14,16,18,25,29-30H,15,17H2,1H3,(H,31,32)/t18-,25+/m1/s1. The van der Waals surface area contributed by atoms with Crippen molar-refractivity contribution in [3.63, 3.8) is 0 Å². The van der Waals surface area contributed by atoms with Gasteiger partial charge in [-0.1, -0.05) is 36.4 Å². The highest BCUT2D eigenvalue weighted by molar-refractivity contribution is 5.86. The lowest BCUT2D eigenvalue weighted by Gasteiger charge is -2.21. The average Bonchev–Trinajstić information content (AvgIpc) is 3.46. The van der Waals surface area contributed by atoms with Gasteiger partial charge < -0.3 is 14.7 Å². The molecular formula is C27H26N4O2. The van der Waals surface area contributed by atoms with Gasteiger partial charge in [-0.2, -0.15) is 0 Å². The summed E-state index contributed by atoms with van der Waals surface area (Å²) in [6.07, 6.45) is 6.02. The molecule has 3 N–H and O–H groups in total. The van der Waals surface area contributed by atoms with E-state index < -0.39 is 6.04 Å². The van der Waals surface area contributed by atoms with Crippen LogP contribution in [0.15, 0.2) is 89.7 Å². The van der Waals surface area contributed by atoms with E-state index in [2.05, 4.69) is 26.7 Å². The molecule has 5 rings (SSSR count). The van der Waals surface area contributed by atoms with Gasteiger partial charge in [0.05, 0.1) is 18.6 Å². The van der Waals surface area contributed by atoms with Crippen LogP contribution in [0.5, 0.6) is 0 Å². The summed E-state index contributed by atoms with van der Waals surface area (Å²) in [4.78, 5) is 20.7. The maximum Gasteiger partial charge on any atom is 0.237 e. The van der Waals surface area contributed by atoms with Gasteiger partial charge in [0, 0.05) is 34.9 Å². The van der Waals surface area contributed by atoms with Crippen LogP contribution >= 0.6 is 0 Å². The van der Waals surface area contributed by atoms with E-state index in [-0.39, 0.29) is 11.9 Å². The fourth-order valence-electron chi connectivity index (χ4n) is 4.18.